The molecule has 1 aliphatic carbocycles. The number of carbonyl (C=O) groups is 2. The molecule has 0 unspecified atom stereocenters. The number of benzene rings is 1. The van der Waals surface area contributed by atoms with Crippen molar-refractivity contribution in [3.63, 3.8) is 0 Å². The molecule has 2 heterocycles. The quantitative estimate of drug-likeness (QED) is 0.574. The number of rotatable bonds is 6. The van der Waals surface area contributed by atoms with E-state index < -0.39 is 0 Å². The fourth-order valence-electron chi connectivity index (χ4n) is 3.59. The summed E-state index contributed by atoms with van der Waals surface area (Å²) in [5, 5.41) is 18.1. The molecule has 2 N–H and O–H groups in total. The van der Waals surface area contributed by atoms with E-state index in [-0.39, 0.29) is 30.1 Å². The van der Waals surface area contributed by atoms with Gasteiger partial charge in [0.05, 0.1) is 23.3 Å². The van der Waals surface area contributed by atoms with Crippen molar-refractivity contribution in [3.05, 3.63) is 52.5 Å². The highest BCUT2D eigenvalue weighted by Gasteiger charge is 2.19. The minimum atomic E-state index is -0.385. The van der Waals surface area contributed by atoms with Crippen molar-refractivity contribution in [3.8, 4) is 5.69 Å². The van der Waals surface area contributed by atoms with Gasteiger partial charge in [-0.1, -0.05) is 40.1 Å². The first-order valence-electron chi connectivity index (χ1n) is 9.81. The predicted molar refractivity (Wildman–Crippen MR) is 114 cm³/mol. The van der Waals surface area contributed by atoms with Crippen molar-refractivity contribution in [1.29, 1.82) is 0 Å². The first kappa shape index (κ1) is 20.3. The second kappa shape index (κ2) is 8.78. The van der Waals surface area contributed by atoms with Crippen LogP contribution in [-0.2, 0) is 11.3 Å². The number of aromatic nitrogens is 5. The van der Waals surface area contributed by atoms with Gasteiger partial charge in [-0.25, -0.2) is 4.68 Å². The molecule has 2 aromatic heterocycles. The Balaban J connectivity index is 1.39. The zero-order chi connectivity index (χ0) is 21.1. The Kier molecular flexibility index (Phi) is 5.93. The van der Waals surface area contributed by atoms with Crippen LogP contribution in [0.4, 0.5) is 5.69 Å². The molecule has 1 aromatic carbocycles. The molecule has 156 valence electrons. The number of nitrogens with zero attached hydrogens (tertiary/aromatic N) is 5. The molecular formula is C20H22BrN7O2. The highest BCUT2D eigenvalue weighted by molar-refractivity contribution is 9.10. The summed E-state index contributed by atoms with van der Waals surface area (Å²) >= 11 is 3.43. The molecule has 30 heavy (non-hydrogen) atoms. The van der Waals surface area contributed by atoms with Crippen LogP contribution in [0, 0.1) is 6.92 Å². The van der Waals surface area contributed by atoms with Crippen LogP contribution in [0.1, 0.15) is 41.9 Å². The van der Waals surface area contributed by atoms with Gasteiger partial charge in [0.1, 0.15) is 6.54 Å². The standard InChI is InChI=1S/C20H22BrN7O2/c1-13-19(25-26-28(13)17-8-4-5-14(21)9-17)20(30)24-16-10-22-27(11-16)12-18(29)23-15-6-2-3-7-15/h4-5,8-11,15H,2-3,6-7,12H2,1H3,(H,23,29)(H,24,30). The van der Waals surface area contributed by atoms with Gasteiger partial charge in [0.2, 0.25) is 5.91 Å². The first-order chi connectivity index (χ1) is 14.5. The van der Waals surface area contributed by atoms with Gasteiger partial charge in [-0.2, -0.15) is 5.10 Å². The second-order valence-electron chi connectivity index (χ2n) is 7.34. The van der Waals surface area contributed by atoms with Crippen LogP contribution >= 0.6 is 15.9 Å². The van der Waals surface area contributed by atoms with Crippen LogP contribution in [0.3, 0.4) is 0 Å². The van der Waals surface area contributed by atoms with E-state index in [1.54, 1.807) is 17.8 Å². The summed E-state index contributed by atoms with van der Waals surface area (Å²) in [7, 11) is 0. The average molecular weight is 472 g/mol. The summed E-state index contributed by atoms with van der Waals surface area (Å²) in [6.07, 6.45) is 7.52. The maximum absolute atomic E-state index is 12.7. The zero-order valence-corrected chi connectivity index (χ0v) is 18.1. The number of hydrogen-bond donors (Lipinski definition) is 2. The van der Waals surface area contributed by atoms with Gasteiger partial charge in [-0.3, -0.25) is 14.3 Å². The van der Waals surface area contributed by atoms with Crippen LogP contribution in [-0.4, -0.2) is 42.6 Å². The minimum Gasteiger partial charge on any atom is -0.352 e. The van der Waals surface area contributed by atoms with E-state index in [0.717, 1.165) is 35.8 Å². The Morgan fingerprint density at radius 3 is 2.83 bits per heavy atom. The summed E-state index contributed by atoms with van der Waals surface area (Å²) in [6.45, 7) is 1.90. The van der Waals surface area contributed by atoms with Crippen LogP contribution in [0.5, 0.6) is 0 Å². The van der Waals surface area contributed by atoms with Crippen LogP contribution in [0.2, 0.25) is 0 Å². The van der Waals surface area contributed by atoms with Gasteiger partial charge in [-0.05, 0) is 38.0 Å². The Hall–Kier alpha value is -3.01. The van der Waals surface area contributed by atoms with E-state index in [1.165, 1.54) is 10.9 Å². The molecule has 10 heteroatoms. The summed E-state index contributed by atoms with van der Waals surface area (Å²) in [5.74, 6) is -0.459. The number of nitrogens with one attached hydrogen (secondary N) is 2. The van der Waals surface area contributed by atoms with Crippen molar-refractivity contribution in [1.82, 2.24) is 30.1 Å². The van der Waals surface area contributed by atoms with Crippen molar-refractivity contribution < 1.29 is 9.59 Å². The third kappa shape index (κ3) is 4.59. The van der Waals surface area contributed by atoms with E-state index in [1.807, 2.05) is 24.3 Å². The predicted octanol–water partition coefficient (Wildman–Crippen LogP) is 2.85. The Bertz CT molecular complexity index is 1070. The largest absolute Gasteiger partial charge is 0.352 e. The van der Waals surface area contributed by atoms with E-state index in [9.17, 15) is 9.59 Å². The van der Waals surface area contributed by atoms with Gasteiger partial charge in [0, 0.05) is 16.7 Å². The number of anilines is 1. The van der Waals surface area contributed by atoms with Crippen molar-refractivity contribution in [2.75, 3.05) is 5.32 Å². The van der Waals surface area contributed by atoms with Gasteiger partial charge >= 0.3 is 0 Å². The van der Waals surface area contributed by atoms with Crippen molar-refractivity contribution >= 4 is 33.4 Å². The van der Waals surface area contributed by atoms with E-state index in [4.69, 9.17) is 0 Å². The highest BCUT2D eigenvalue weighted by Crippen LogP contribution is 2.19. The fourth-order valence-corrected chi connectivity index (χ4v) is 3.97. The summed E-state index contributed by atoms with van der Waals surface area (Å²) in [6, 6.07) is 7.84. The second-order valence-corrected chi connectivity index (χ2v) is 8.26. The molecule has 1 fully saturated rings. The van der Waals surface area contributed by atoms with E-state index >= 15 is 0 Å². The van der Waals surface area contributed by atoms with E-state index in [2.05, 4.69) is 42.0 Å². The number of hydrogen-bond acceptors (Lipinski definition) is 5. The van der Waals surface area contributed by atoms with Crippen molar-refractivity contribution in [2.24, 2.45) is 0 Å². The lowest BCUT2D eigenvalue weighted by Crippen LogP contribution is -2.35. The van der Waals surface area contributed by atoms with Crippen LogP contribution < -0.4 is 10.6 Å². The smallest absolute Gasteiger partial charge is 0.278 e. The SMILES string of the molecule is Cc1c(C(=O)Nc2cnn(CC(=O)NC3CCCC3)c2)nnn1-c1cccc(Br)c1. The molecule has 9 nitrogen and oxygen atoms in total. The Morgan fingerprint density at radius 2 is 2.07 bits per heavy atom. The molecule has 0 aliphatic heterocycles. The number of carbonyl (C=O) groups excluding carboxylic acids is 2. The molecule has 1 saturated carbocycles. The lowest BCUT2D eigenvalue weighted by Gasteiger charge is -2.11. The lowest BCUT2D eigenvalue weighted by molar-refractivity contribution is -0.122. The normalized spacial score (nSPS) is 14.1. The number of halogens is 1. The van der Waals surface area contributed by atoms with Crippen LogP contribution in [0.15, 0.2) is 41.1 Å². The maximum atomic E-state index is 12.7. The summed E-state index contributed by atoms with van der Waals surface area (Å²) < 4.78 is 4.02. The van der Waals surface area contributed by atoms with Crippen molar-refractivity contribution in [2.45, 2.75) is 45.2 Å². The first-order valence-corrected chi connectivity index (χ1v) is 10.6. The van der Waals surface area contributed by atoms with Gasteiger partial charge < -0.3 is 10.6 Å². The summed E-state index contributed by atoms with van der Waals surface area (Å²) in [4.78, 5) is 24.8. The molecule has 4 rings (SSSR count). The molecule has 0 bridgehead atoms. The molecule has 2 amide bonds. The van der Waals surface area contributed by atoms with Gasteiger partial charge in [0.15, 0.2) is 5.69 Å². The van der Waals surface area contributed by atoms with Gasteiger partial charge in [0.25, 0.3) is 5.91 Å². The number of amides is 2. The molecule has 0 spiro atoms. The Labute approximate surface area is 182 Å². The minimum absolute atomic E-state index is 0.0734. The molecule has 3 aromatic rings. The fraction of sp³-hybridized carbons (Fsp3) is 0.350. The molecular weight excluding hydrogens is 450 g/mol. The third-order valence-electron chi connectivity index (χ3n) is 5.08. The van der Waals surface area contributed by atoms with E-state index in [0.29, 0.717) is 11.4 Å². The third-order valence-corrected chi connectivity index (χ3v) is 5.57. The topological polar surface area (TPSA) is 107 Å². The molecule has 0 saturated heterocycles. The monoisotopic (exact) mass is 471 g/mol. The molecule has 0 radical (unpaired) electrons. The zero-order valence-electron chi connectivity index (χ0n) is 16.5. The molecule has 0 atom stereocenters. The van der Waals surface area contributed by atoms with Gasteiger partial charge in [-0.15, -0.1) is 5.10 Å². The maximum Gasteiger partial charge on any atom is 0.278 e. The Morgan fingerprint density at radius 1 is 1.27 bits per heavy atom. The highest BCUT2D eigenvalue weighted by atomic mass is 79.9. The van der Waals surface area contributed by atoms with Crippen LogP contribution in [0.25, 0.3) is 5.69 Å². The molecule has 1 aliphatic rings. The average Bonchev–Trinajstić information content (AvgIpc) is 3.44. The lowest BCUT2D eigenvalue weighted by atomic mass is 10.2. The summed E-state index contributed by atoms with van der Waals surface area (Å²) in [5.41, 5.74) is 2.13.